The minimum absolute atomic E-state index is 0.101. The number of aromatic amines is 1. The van der Waals surface area contributed by atoms with Crippen molar-refractivity contribution in [1.29, 1.82) is 0 Å². The third-order valence-electron chi connectivity index (χ3n) is 4.94. The van der Waals surface area contributed by atoms with E-state index in [0.717, 1.165) is 6.07 Å². The molecule has 1 aliphatic heterocycles. The van der Waals surface area contributed by atoms with E-state index < -0.39 is 23.5 Å². The fourth-order valence-electron chi connectivity index (χ4n) is 3.43. The molecule has 4 rings (SSSR count). The van der Waals surface area contributed by atoms with E-state index in [1.54, 1.807) is 24.3 Å². The maximum atomic E-state index is 13.4. The molecule has 0 unspecified atom stereocenters. The summed E-state index contributed by atoms with van der Waals surface area (Å²) in [5.74, 6) is -1.73. The topological polar surface area (TPSA) is 81.9 Å². The van der Waals surface area contributed by atoms with E-state index in [2.05, 4.69) is 9.88 Å². The minimum Gasteiger partial charge on any atom is -0.491 e. The van der Waals surface area contributed by atoms with Gasteiger partial charge in [-0.15, -0.1) is 0 Å². The van der Waals surface area contributed by atoms with E-state index in [0.29, 0.717) is 55.3 Å². The Morgan fingerprint density at radius 3 is 2.66 bits per heavy atom. The average Bonchev–Trinajstić information content (AvgIpc) is 3.08. The molecule has 2 aromatic carbocycles. The van der Waals surface area contributed by atoms with Gasteiger partial charge in [-0.2, -0.15) is 0 Å². The molecule has 0 aliphatic carbocycles. The standard InChI is InChI=1S/C20H21F2N3O4/c21-16-3-1-13(9-17(16)22)25-7-5-24(6-8-25)11-14(26)12-28-15-2-4-18-19(10-15)29-20(27)23-18/h1-4,9-10,14,26H,5-8,11-12H2,(H,23,27)/t14-/m0/s1. The number of piperazine rings is 1. The molecule has 0 amide bonds. The Kier molecular flexibility index (Phi) is 5.50. The first-order chi connectivity index (χ1) is 14.0. The number of aliphatic hydroxyl groups is 1. The van der Waals surface area contributed by atoms with Crippen molar-refractivity contribution >= 4 is 16.8 Å². The molecule has 1 atom stereocenters. The number of nitrogens with one attached hydrogen (secondary N) is 1. The second-order valence-corrected chi connectivity index (χ2v) is 7.02. The van der Waals surface area contributed by atoms with E-state index >= 15 is 0 Å². The zero-order valence-electron chi connectivity index (χ0n) is 15.6. The van der Waals surface area contributed by atoms with Crippen molar-refractivity contribution in [2.75, 3.05) is 44.2 Å². The molecule has 2 heterocycles. The number of nitrogens with zero attached hydrogens (tertiary/aromatic N) is 2. The summed E-state index contributed by atoms with van der Waals surface area (Å²) in [5.41, 5.74) is 1.64. The van der Waals surface area contributed by atoms with Gasteiger partial charge in [-0.3, -0.25) is 9.88 Å². The van der Waals surface area contributed by atoms with Crippen LogP contribution in [-0.2, 0) is 0 Å². The van der Waals surface area contributed by atoms with Crippen molar-refractivity contribution in [3.05, 3.63) is 58.6 Å². The summed E-state index contributed by atoms with van der Waals surface area (Å²) in [6.07, 6.45) is -0.696. The average molecular weight is 405 g/mol. The Morgan fingerprint density at radius 1 is 1.10 bits per heavy atom. The molecule has 2 N–H and O–H groups in total. The van der Waals surface area contributed by atoms with Crippen LogP contribution in [0.3, 0.4) is 0 Å². The number of hydrogen-bond donors (Lipinski definition) is 2. The molecule has 0 saturated carbocycles. The van der Waals surface area contributed by atoms with Gasteiger partial charge in [0.25, 0.3) is 0 Å². The molecule has 3 aromatic rings. The second-order valence-electron chi connectivity index (χ2n) is 7.02. The highest BCUT2D eigenvalue weighted by molar-refractivity contribution is 5.73. The Bertz CT molecular complexity index is 1040. The van der Waals surface area contributed by atoms with Crippen LogP contribution in [0.1, 0.15) is 0 Å². The predicted octanol–water partition coefficient (Wildman–Crippen LogP) is 1.96. The molecular formula is C20H21F2N3O4. The molecule has 1 fully saturated rings. The van der Waals surface area contributed by atoms with Gasteiger partial charge >= 0.3 is 5.76 Å². The smallest absolute Gasteiger partial charge is 0.417 e. The van der Waals surface area contributed by atoms with Crippen molar-refractivity contribution < 1.29 is 23.0 Å². The van der Waals surface area contributed by atoms with E-state index in [1.807, 2.05) is 4.90 Å². The quantitative estimate of drug-likeness (QED) is 0.653. The van der Waals surface area contributed by atoms with E-state index in [1.165, 1.54) is 6.07 Å². The van der Waals surface area contributed by atoms with Crippen molar-refractivity contribution in [2.45, 2.75) is 6.10 Å². The largest absolute Gasteiger partial charge is 0.491 e. The number of aliphatic hydroxyl groups excluding tert-OH is 1. The van der Waals surface area contributed by atoms with Gasteiger partial charge < -0.3 is 19.2 Å². The van der Waals surface area contributed by atoms with Crippen LogP contribution in [0, 0.1) is 11.6 Å². The normalized spacial score (nSPS) is 16.3. The third-order valence-corrected chi connectivity index (χ3v) is 4.94. The molecule has 29 heavy (non-hydrogen) atoms. The predicted molar refractivity (Wildman–Crippen MR) is 103 cm³/mol. The van der Waals surface area contributed by atoms with E-state index in [4.69, 9.17) is 9.15 Å². The van der Waals surface area contributed by atoms with Crippen molar-refractivity contribution in [3.63, 3.8) is 0 Å². The van der Waals surface area contributed by atoms with Gasteiger partial charge in [0.15, 0.2) is 17.2 Å². The fourth-order valence-corrected chi connectivity index (χ4v) is 3.43. The summed E-state index contributed by atoms with van der Waals surface area (Å²) in [6, 6.07) is 8.88. The summed E-state index contributed by atoms with van der Waals surface area (Å²) in [6.45, 7) is 3.23. The van der Waals surface area contributed by atoms with Gasteiger partial charge in [0, 0.05) is 50.5 Å². The lowest BCUT2D eigenvalue weighted by Gasteiger charge is -2.36. The number of rotatable bonds is 6. The highest BCUT2D eigenvalue weighted by Gasteiger charge is 2.20. The van der Waals surface area contributed by atoms with Gasteiger partial charge in [0.2, 0.25) is 0 Å². The van der Waals surface area contributed by atoms with Gasteiger partial charge in [-0.05, 0) is 24.3 Å². The number of hydrogen-bond acceptors (Lipinski definition) is 6. The number of benzene rings is 2. The first-order valence-corrected chi connectivity index (χ1v) is 9.34. The SMILES string of the molecule is O=c1[nH]c2ccc(OC[C@@H](O)CN3CCN(c4ccc(F)c(F)c4)CC3)cc2o1. The lowest BCUT2D eigenvalue weighted by Crippen LogP contribution is -2.49. The van der Waals surface area contributed by atoms with Crippen molar-refractivity contribution in [1.82, 2.24) is 9.88 Å². The van der Waals surface area contributed by atoms with Crippen LogP contribution < -0.4 is 15.4 Å². The van der Waals surface area contributed by atoms with Crippen LogP contribution in [0.25, 0.3) is 11.1 Å². The van der Waals surface area contributed by atoms with Crippen LogP contribution in [0.5, 0.6) is 5.75 Å². The van der Waals surface area contributed by atoms with Crippen LogP contribution >= 0.6 is 0 Å². The maximum absolute atomic E-state index is 13.4. The molecule has 1 saturated heterocycles. The number of aromatic nitrogens is 1. The van der Waals surface area contributed by atoms with Crippen molar-refractivity contribution in [2.24, 2.45) is 0 Å². The number of β-amino-alcohol motifs (C(OH)–C–C–N with tert-alkyl or cyclic N) is 1. The number of anilines is 1. The highest BCUT2D eigenvalue weighted by Crippen LogP contribution is 2.20. The zero-order valence-corrected chi connectivity index (χ0v) is 15.6. The van der Waals surface area contributed by atoms with Crippen LogP contribution in [0.4, 0.5) is 14.5 Å². The molecule has 0 bridgehead atoms. The number of H-pyrrole nitrogens is 1. The maximum Gasteiger partial charge on any atom is 0.417 e. The molecule has 7 nitrogen and oxygen atoms in total. The van der Waals surface area contributed by atoms with Gasteiger partial charge in [0.05, 0.1) is 5.52 Å². The zero-order chi connectivity index (χ0) is 20.4. The molecule has 1 aromatic heterocycles. The van der Waals surface area contributed by atoms with Crippen LogP contribution in [0.15, 0.2) is 45.6 Å². The Hall–Kier alpha value is -2.91. The number of ether oxygens (including phenoxy) is 1. The van der Waals surface area contributed by atoms with Gasteiger partial charge in [0.1, 0.15) is 18.5 Å². The summed E-state index contributed by atoms with van der Waals surface area (Å²) in [7, 11) is 0. The van der Waals surface area contributed by atoms with Crippen molar-refractivity contribution in [3.8, 4) is 5.75 Å². The molecule has 0 spiro atoms. The van der Waals surface area contributed by atoms with E-state index in [-0.39, 0.29) is 6.61 Å². The lowest BCUT2D eigenvalue weighted by atomic mass is 10.2. The third kappa shape index (κ3) is 4.57. The fraction of sp³-hybridized carbons (Fsp3) is 0.350. The summed E-state index contributed by atoms with van der Waals surface area (Å²) >= 11 is 0. The summed E-state index contributed by atoms with van der Waals surface area (Å²) in [4.78, 5) is 17.8. The molecule has 154 valence electrons. The molecule has 9 heteroatoms. The van der Waals surface area contributed by atoms with Gasteiger partial charge in [-0.1, -0.05) is 0 Å². The molecule has 1 aliphatic rings. The Labute approximate surface area is 165 Å². The van der Waals surface area contributed by atoms with Crippen LogP contribution in [-0.4, -0.2) is 60.4 Å². The van der Waals surface area contributed by atoms with Crippen LogP contribution in [0.2, 0.25) is 0 Å². The monoisotopic (exact) mass is 405 g/mol. The summed E-state index contributed by atoms with van der Waals surface area (Å²) in [5, 5.41) is 10.3. The number of fused-ring (bicyclic) bond motifs is 1. The Morgan fingerprint density at radius 2 is 1.90 bits per heavy atom. The number of halogens is 2. The first-order valence-electron chi connectivity index (χ1n) is 9.34. The minimum atomic E-state index is -0.853. The lowest BCUT2D eigenvalue weighted by molar-refractivity contribution is 0.0663. The molecule has 0 radical (unpaired) electrons. The van der Waals surface area contributed by atoms with Gasteiger partial charge in [-0.25, -0.2) is 13.6 Å². The second kappa shape index (κ2) is 8.22. The highest BCUT2D eigenvalue weighted by atomic mass is 19.2. The summed E-state index contributed by atoms with van der Waals surface area (Å²) < 4.78 is 37.1. The molecular weight excluding hydrogens is 384 g/mol. The number of oxazole rings is 1. The van der Waals surface area contributed by atoms with E-state index in [9.17, 15) is 18.7 Å². The Balaban J connectivity index is 1.25. The first kappa shape index (κ1) is 19.4.